The number of hydrogen-bond acceptors (Lipinski definition) is 3. The van der Waals surface area contributed by atoms with Crippen molar-refractivity contribution in [2.75, 3.05) is 19.3 Å². The zero-order chi connectivity index (χ0) is 12.3. The Kier molecular flexibility index (Phi) is 3.98. The Morgan fingerprint density at radius 2 is 2.12 bits per heavy atom. The van der Waals surface area contributed by atoms with Gasteiger partial charge < -0.3 is 4.90 Å². The fourth-order valence-electron chi connectivity index (χ4n) is 1.39. The summed E-state index contributed by atoms with van der Waals surface area (Å²) in [5.41, 5.74) is 0. The summed E-state index contributed by atoms with van der Waals surface area (Å²) in [5.74, 6) is 2.52. The Balaban J connectivity index is 2.69. The highest BCUT2D eigenvalue weighted by atomic mass is 32.2. The van der Waals surface area contributed by atoms with Gasteiger partial charge in [0.15, 0.2) is 9.84 Å². The molecule has 16 heavy (non-hydrogen) atoms. The third kappa shape index (κ3) is 3.53. The van der Waals surface area contributed by atoms with Crippen LogP contribution in [0.2, 0.25) is 0 Å². The predicted octanol–water partition coefficient (Wildman–Crippen LogP) is 0.291. The SMILES string of the molecule is C#CCN(CC1CC1)C(=O)C(C)S(C)(=O)=O. The first-order chi connectivity index (χ1) is 7.36. The first kappa shape index (κ1) is 13.0. The van der Waals surface area contributed by atoms with E-state index in [4.69, 9.17) is 6.42 Å². The van der Waals surface area contributed by atoms with E-state index >= 15 is 0 Å². The molecule has 1 aliphatic carbocycles. The molecular formula is C11H17NO3S. The van der Waals surface area contributed by atoms with Gasteiger partial charge in [0.2, 0.25) is 5.91 Å². The third-order valence-electron chi connectivity index (χ3n) is 2.76. The average Bonchev–Trinajstić information content (AvgIpc) is 2.97. The predicted molar refractivity (Wildman–Crippen MR) is 62.4 cm³/mol. The maximum absolute atomic E-state index is 11.9. The standard InChI is InChI=1S/C11H17NO3S/c1-4-7-12(8-10-5-6-10)11(13)9(2)16(3,14)15/h1,9-10H,5-8H2,2-3H3. The van der Waals surface area contributed by atoms with E-state index in [1.54, 1.807) is 0 Å². The van der Waals surface area contributed by atoms with Crippen molar-refractivity contribution >= 4 is 15.7 Å². The topological polar surface area (TPSA) is 54.5 Å². The fourth-order valence-corrected chi connectivity index (χ4v) is 1.91. The number of sulfone groups is 1. The monoisotopic (exact) mass is 243 g/mol. The number of carbonyl (C=O) groups excluding carboxylic acids is 1. The first-order valence-corrected chi connectivity index (χ1v) is 7.23. The summed E-state index contributed by atoms with van der Waals surface area (Å²) in [6.07, 6.45) is 8.45. The Labute approximate surface area is 96.9 Å². The van der Waals surface area contributed by atoms with Gasteiger partial charge >= 0.3 is 0 Å². The molecule has 1 atom stereocenters. The Hall–Kier alpha value is -1.02. The molecule has 1 fully saturated rings. The van der Waals surface area contributed by atoms with Gasteiger partial charge in [-0.2, -0.15) is 0 Å². The Morgan fingerprint density at radius 3 is 2.50 bits per heavy atom. The molecule has 0 N–H and O–H groups in total. The van der Waals surface area contributed by atoms with Crippen molar-refractivity contribution in [1.29, 1.82) is 0 Å². The minimum Gasteiger partial charge on any atom is -0.330 e. The second-order valence-corrected chi connectivity index (χ2v) is 6.70. The van der Waals surface area contributed by atoms with Gasteiger partial charge in [-0.1, -0.05) is 5.92 Å². The van der Waals surface area contributed by atoms with Crippen LogP contribution in [0.3, 0.4) is 0 Å². The Morgan fingerprint density at radius 1 is 1.56 bits per heavy atom. The molecule has 0 spiro atoms. The van der Waals surface area contributed by atoms with E-state index in [1.165, 1.54) is 11.8 Å². The maximum Gasteiger partial charge on any atom is 0.241 e. The van der Waals surface area contributed by atoms with Crippen LogP contribution in [0.15, 0.2) is 0 Å². The summed E-state index contributed by atoms with van der Waals surface area (Å²) < 4.78 is 22.6. The largest absolute Gasteiger partial charge is 0.330 e. The van der Waals surface area contributed by atoms with Gasteiger partial charge in [-0.25, -0.2) is 8.42 Å². The van der Waals surface area contributed by atoms with Crippen LogP contribution >= 0.6 is 0 Å². The Bertz CT molecular complexity index is 403. The van der Waals surface area contributed by atoms with E-state index in [0.29, 0.717) is 12.5 Å². The van der Waals surface area contributed by atoms with Crippen molar-refractivity contribution in [2.45, 2.75) is 25.0 Å². The number of carbonyl (C=O) groups is 1. The molecule has 0 saturated heterocycles. The van der Waals surface area contributed by atoms with E-state index in [9.17, 15) is 13.2 Å². The van der Waals surface area contributed by atoms with Crippen molar-refractivity contribution in [1.82, 2.24) is 4.90 Å². The first-order valence-electron chi connectivity index (χ1n) is 5.27. The molecule has 0 aromatic rings. The summed E-state index contributed by atoms with van der Waals surface area (Å²) in [7, 11) is -3.34. The van der Waals surface area contributed by atoms with Crippen molar-refractivity contribution in [3.63, 3.8) is 0 Å². The highest BCUT2D eigenvalue weighted by Gasteiger charge is 2.32. The van der Waals surface area contributed by atoms with Crippen LogP contribution in [0.1, 0.15) is 19.8 Å². The lowest BCUT2D eigenvalue weighted by Crippen LogP contribution is -2.42. The number of hydrogen-bond donors (Lipinski definition) is 0. The van der Waals surface area contributed by atoms with Crippen LogP contribution in [0.25, 0.3) is 0 Å². The minimum absolute atomic E-state index is 0.190. The van der Waals surface area contributed by atoms with Crippen LogP contribution in [0, 0.1) is 18.3 Å². The van der Waals surface area contributed by atoms with Gasteiger partial charge in [0, 0.05) is 12.8 Å². The molecule has 1 saturated carbocycles. The second kappa shape index (κ2) is 4.88. The van der Waals surface area contributed by atoms with Gasteiger partial charge in [0.25, 0.3) is 0 Å². The maximum atomic E-state index is 11.9. The van der Waals surface area contributed by atoms with Crippen LogP contribution in [0.4, 0.5) is 0 Å². The number of nitrogens with zero attached hydrogens (tertiary/aromatic N) is 1. The molecule has 0 bridgehead atoms. The fraction of sp³-hybridized carbons (Fsp3) is 0.727. The molecule has 1 unspecified atom stereocenters. The van der Waals surface area contributed by atoms with Crippen LogP contribution in [-0.2, 0) is 14.6 Å². The third-order valence-corrected chi connectivity index (χ3v) is 4.25. The second-order valence-electron chi connectivity index (χ2n) is 4.34. The summed E-state index contributed by atoms with van der Waals surface area (Å²) >= 11 is 0. The summed E-state index contributed by atoms with van der Waals surface area (Å²) in [5, 5.41) is -1.00. The number of terminal acetylenes is 1. The van der Waals surface area contributed by atoms with E-state index in [2.05, 4.69) is 5.92 Å². The normalized spacial score (nSPS) is 17.6. The molecule has 0 radical (unpaired) electrons. The zero-order valence-corrected chi connectivity index (χ0v) is 10.5. The van der Waals surface area contributed by atoms with Gasteiger partial charge in [0.1, 0.15) is 5.25 Å². The summed E-state index contributed by atoms with van der Waals surface area (Å²) in [6.45, 7) is 2.19. The van der Waals surface area contributed by atoms with Crippen LogP contribution < -0.4 is 0 Å². The minimum atomic E-state index is -3.34. The van der Waals surface area contributed by atoms with Gasteiger partial charge in [0.05, 0.1) is 6.54 Å². The smallest absolute Gasteiger partial charge is 0.241 e. The molecule has 5 heteroatoms. The lowest BCUT2D eigenvalue weighted by atomic mass is 10.3. The molecule has 4 nitrogen and oxygen atoms in total. The molecule has 0 heterocycles. The zero-order valence-electron chi connectivity index (χ0n) is 9.64. The number of rotatable bonds is 5. The highest BCUT2D eigenvalue weighted by Crippen LogP contribution is 2.29. The molecule has 90 valence electrons. The molecule has 1 aliphatic rings. The van der Waals surface area contributed by atoms with Crippen molar-refractivity contribution in [3.05, 3.63) is 0 Å². The van der Waals surface area contributed by atoms with Crippen LogP contribution in [-0.4, -0.2) is 43.8 Å². The van der Waals surface area contributed by atoms with Gasteiger partial charge in [-0.05, 0) is 25.7 Å². The van der Waals surface area contributed by atoms with E-state index in [-0.39, 0.29) is 12.5 Å². The lowest BCUT2D eigenvalue weighted by Gasteiger charge is -2.22. The van der Waals surface area contributed by atoms with E-state index < -0.39 is 15.1 Å². The average molecular weight is 243 g/mol. The lowest BCUT2D eigenvalue weighted by molar-refractivity contribution is -0.130. The summed E-state index contributed by atoms with van der Waals surface area (Å²) in [6, 6.07) is 0. The quantitative estimate of drug-likeness (QED) is 0.652. The van der Waals surface area contributed by atoms with Crippen molar-refractivity contribution in [2.24, 2.45) is 5.92 Å². The van der Waals surface area contributed by atoms with Gasteiger partial charge in [-0.3, -0.25) is 4.79 Å². The van der Waals surface area contributed by atoms with E-state index in [1.807, 2.05) is 0 Å². The molecular weight excluding hydrogens is 226 g/mol. The van der Waals surface area contributed by atoms with Crippen molar-refractivity contribution < 1.29 is 13.2 Å². The van der Waals surface area contributed by atoms with Crippen molar-refractivity contribution in [3.8, 4) is 12.3 Å². The van der Waals surface area contributed by atoms with Gasteiger partial charge in [-0.15, -0.1) is 6.42 Å². The molecule has 0 aliphatic heterocycles. The molecule has 1 rings (SSSR count). The highest BCUT2D eigenvalue weighted by molar-refractivity contribution is 7.92. The van der Waals surface area contributed by atoms with E-state index in [0.717, 1.165) is 19.1 Å². The summed E-state index contributed by atoms with van der Waals surface area (Å²) in [4.78, 5) is 13.4. The molecule has 1 amide bonds. The number of amides is 1. The molecule has 0 aromatic heterocycles. The molecule has 0 aromatic carbocycles. The van der Waals surface area contributed by atoms with Crippen LogP contribution in [0.5, 0.6) is 0 Å².